The summed E-state index contributed by atoms with van der Waals surface area (Å²) in [5, 5.41) is 18.3. The second kappa shape index (κ2) is 9.58. The lowest BCUT2D eigenvalue weighted by atomic mass is 10.0. The summed E-state index contributed by atoms with van der Waals surface area (Å²) in [4.78, 5) is 21.9. The van der Waals surface area contributed by atoms with Crippen LogP contribution in [-0.4, -0.2) is 35.8 Å². The summed E-state index contributed by atoms with van der Waals surface area (Å²) in [5.41, 5.74) is 5.35. The number of rotatable bonds is 10. The van der Waals surface area contributed by atoms with E-state index in [1.165, 1.54) is 6.21 Å². The van der Waals surface area contributed by atoms with Crippen LogP contribution >= 0.6 is 0 Å². The molecule has 2 unspecified atom stereocenters. The van der Waals surface area contributed by atoms with Crippen molar-refractivity contribution in [2.24, 2.45) is 11.7 Å². The standard InChI is InChI=1S/C12H23N3O3/c1-9(5-6-13)8-11(16)15-7-3-2-4-10(14)12(17)18/h6,9-10,13H,2-5,7-8,14H2,1H3,(H,15,16)(H,17,18). The molecule has 1 amide bonds. The molecule has 2 atom stereocenters. The number of carboxylic acid groups (broad SMARTS) is 1. The molecule has 0 rings (SSSR count). The van der Waals surface area contributed by atoms with Crippen molar-refractivity contribution in [1.29, 1.82) is 5.41 Å². The van der Waals surface area contributed by atoms with E-state index in [0.717, 1.165) is 6.42 Å². The van der Waals surface area contributed by atoms with Gasteiger partial charge in [-0.3, -0.25) is 9.59 Å². The van der Waals surface area contributed by atoms with E-state index in [9.17, 15) is 9.59 Å². The first kappa shape index (κ1) is 16.6. The van der Waals surface area contributed by atoms with E-state index in [4.69, 9.17) is 16.2 Å². The minimum atomic E-state index is -0.987. The molecule has 0 aliphatic rings. The minimum Gasteiger partial charge on any atom is -0.480 e. The van der Waals surface area contributed by atoms with Gasteiger partial charge >= 0.3 is 5.97 Å². The molecule has 6 heteroatoms. The van der Waals surface area contributed by atoms with Crippen molar-refractivity contribution < 1.29 is 14.7 Å². The third-order valence-corrected chi connectivity index (χ3v) is 2.64. The second-order valence-corrected chi connectivity index (χ2v) is 4.54. The number of unbranched alkanes of at least 4 members (excludes halogenated alkanes) is 1. The monoisotopic (exact) mass is 257 g/mol. The lowest BCUT2D eigenvalue weighted by molar-refractivity contribution is -0.138. The minimum absolute atomic E-state index is 0.0214. The molecule has 0 spiro atoms. The highest BCUT2D eigenvalue weighted by molar-refractivity contribution is 5.76. The van der Waals surface area contributed by atoms with Gasteiger partial charge in [-0.05, 0) is 37.8 Å². The van der Waals surface area contributed by atoms with Crippen LogP contribution in [0, 0.1) is 11.3 Å². The molecule has 104 valence electrons. The van der Waals surface area contributed by atoms with E-state index in [1.807, 2.05) is 6.92 Å². The second-order valence-electron chi connectivity index (χ2n) is 4.54. The number of nitrogens with two attached hydrogens (primary N) is 1. The Morgan fingerprint density at radius 3 is 2.67 bits per heavy atom. The van der Waals surface area contributed by atoms with Crippen LogP contribution in [0.2, 0.25) is 0 Å². The van der Waals surface area contributed by atoms with Crippen LogP contribution in [0.4, 0.5) is 0 Å². The lowest BCUT2D eigenvalue weighted by Crippen LogP contribution is -2.30. The normalized spacial score (nSPS) is 13.7. The van der Waals surface area contributed by atoms with Gasteiger partial charge in [0.1, 0.15) is 6.04 Å². The zero-order valence-corrected chi connectivity index (χ0v) is 10.8. The van der Waals surface area contributed by atoms with E-state index < -0.39 is 12.0 Å². The summed E-state index contributed by atoms with van der Waals surface area (Å²) < 4.78 is 0. The maximum atomic E-state index is 11.4. The van der Waals surface area contributed by atoms with Gasteiger partial charge in [0.25, 0.3) is 0 Å². The van der Waals surface area contributed by atoms with Gasteiger partial charge in [0.2, 0.25) is 5.91 Å². The van der Waals surface area contributed by atoms with E-state index in [0.29, 0.717) is 32.2 Å². The summed E-state index contributed by atoms with van der Waals surface area (Å²) in [6.07, 6.45) is 4.18. The molecule has 0 aliphatic heterocycles. The molecule has 0 saturated heterocycles. The van der Waals surface area contributed by atoms with Crippen molar-refractivity contribution in [3.05, 3.63) is 0 Å². The summed E-state index contributed by atoms with van der Waals surface area (Å²) >= 11 is 0. The van der Waals surface area contributed by atoms with E-state index in [1.54, 1.807) is 0 Å². The molecule has 5 N–H and O–H groups in total. The molecule has 6 nitrogen and oxygen atoms in total. The Labute approximate surface area is 107 Å². The number of carbonyl (C=O) groups is 2. The molecule has 18 heavy (non-hydrogen) atoms. The van der Waals surface area contributed by atoms with Gasteiger partial charge in [0.15, 0.2) is 0 Å². The maximum absolute atomic E-state index is 11.4. The van der Waals surface area contributed by atoms with Crippen LogP contribution in [0.25, 0.3) is 0 Å². The van der Waals surface area contributed by atoms with Crippen LogP contribution in [-0.2, 0) is 9.59 Å². The zero-order valence-electron chi connectivity index (χ0n) is 10.8. The number of aliphatic carboxylic acids is 1. The lowest BCUT2D eigenvalue weighted by Gasteiger charge is -2.09. The first-order valence-electron chi connectivity index (χ1n) is 6.21. The van der Waals surface area contributed by atoms with Crippen LogP contribution in [0.5, 0.6) is 0 Å². The van der Waals surface area contributed by atoms with E-state index in [2.05, 4.69) is 5.32 Å². The summed E-state index contributed by atoms with van der Waals surface area (Å²) in [6, 6.07) is -0.812. The highest BCUT2D eigenvalue weighted by Crippen LogP contribution is 2.05. The molecule has 0 heterocycles. The van der Waals surface area contributed by atoms with Crippen molar-refractivity contribution in [2.45, 2.75) is 45.1 Å². The number of nitrogens with one attached hydrogen (secondary N) is 2. The predicted octanol–water partition coefficient (Wildman–Crippen LogP) is 0.751. The van der Waals surface area contributed by atoms with Crippen molar-refractivity contribution in [3.8, 4) is 0 Å². The Balaban J connectivity index is 3.51. The molecule has 0 aliphatic carbocycles. The molecule has 0 fully saturated rings. The van der Waals surface area contributed by atoms with Crippen LogP contribution in [0.1, 0.15) is 39.0 Å². The Morgan fingerprint density at radius 1 is 1.44 bits per heavy atom. The quantitative estimate of drug-likeness (QED) is 0.341. The highest BCUT2D eigenvalue weighted by Gasteiger charge is 2.10. The summed E-state index contributed by atoms with van der Waals surface area (Å²) in [6.45, 7) is 2.47. The zero-order chi connectivity index (χ0) is 14.0. The SMILES string of the molecule is CC(CC=N)CC(=O)NCCCCC(N)C(=O)O. The van der Waals surface area contributed by atoms with Gasteiger partial charge in [-0.1, -0.05) is 6.92 Å². The van der Waals surface area contributed by atoms with Crippen molar-refractivity contribution >= 4 is 18.1 Å². The maximum Gasteiger partial charge on any atom is 0.320 e. The number of carboxylic acids is 1. The van der Waals surface area contributed by atoms with E-state index in [-0.39, 0.29) is 11.8 Å². The number of amides is 1. The van der Waals surface area contributed by atoms with Crippen LogP contribution in [0.3, 0.4) is 0 Å². The van der Waals surface area contributed by atoms with Gasteiger partial charge < -0.3 is 21.6 Å². The van der Waals surface area contributed by atoms with Gasteiger partial charge in [-0.25, -0.2) is 0 Å². The first-order valence-corrected chi connectivity index (χ1v) is 6.21. The topological polar surface area (TPSA) is 116 Å². The molecular weight excluding hydrogens is 234 g/mol. The highest BCUT2D eigenvalue weighted by atomic mass is 16.4. The predicted molar refractivity (Wildman–Crippen MR) is 69.7 cm³/mol. The molecule has 0 radical (unpaired) electrons. The van der Waals surface area contributed by atoms with E-state index >= 15 is 0 Å². The average Bonchev–Trinajstić information content (AvgIpc) is 2.28. The Kier molecular flexibility index (Phi) is 8.82. The summed E-state index contributed by atoms with van der Waals surface area (Å²) in [5.74, 6) is -0.825. The Morgan fingerprint density at radius 2 is 2.11 bits per heavy atom. The van der Waals surface area contributed by atoms with Crippen molar-refractivity contribution in [2.75, 3.05) is 6.54 Å². The van der Waals surface area contributed by atoms with Crippen LogP contribution in [0.15, 0.2) is 0 Å². The van der Waals surface area contributed by atoms with Gasteiger partial charge in [-0.2, -0.15) is 0 Å². The van der Waals surface area contributed by atoms with Crippen molar-refractivity contribution in [1.82, 2.24) is 5.32 Å². The Bertz CT molecular complexity index is 282. The van der Waals surface area contributed by atoms with Gasteiger partial charge in [0.05, 0.1) is 0 Å². The molecule has 0 aromatic heterocycles. The summed E-state index contributed by atoms with van der Waals surface area (Å²) in [7, 11) is 0. The third-order valence-electron chi connectivity index (χ3n) is 2.64. The number of hydrogen-bond donors (Lipinski definition) is 4. The third kappa shape index (κ3) is 8.69. The average molecular weight is 257 g/mol. The fourth-order valence-electron chi connectivity index (χ4n) is 1.51. The fraction of sp³-hybridized carbons (Fsp3) is 0.750. The molecule has 0 aromatic carbocycles. The molecule has 0 bridgehead atoms. The number of carbonyl (C=O) groups excluding carboxylic acids is 1. The Hall–Kier alpha value is -1.43. The molecular formula is C12H23N3O3. The molecule has 0 aromatic rings. The number of hydrogen-bond acceptors (Lipinski definition) is 4. The largest absolute Gasteiger partial charge is 0.480 e. The fourth-order valence-corrected chi connectivity index (χ4v) is 1.51. The molecule has 0 saturated carbocycles. The van der Waals surface area contributed by atoms with Crippen LogP contribution < -0.4 is 11.1 Å². The van der Waals surface area contributed by atoms with Gasteiger partial charge in [-0.15, -0.1) is 0 Å². The first-order chi connectivity index (χ1) is 8.47. The van der Waals surface area contributed by atoms with Crippen molar-refractivity contribution in [3.63, 3.8) is 0 Å². The smallest absolute Gasteiger partial charge is 0.320 e. The van der Waals surface area contributed by atoms with Gasteiger partial charge in [0, 0.05) is 13.0 Å².